The van der Waals surface area contributed by atoms with Crippen molar-refractivity contribution >= 4 is 17.6 Å². The number of nitro benzene ring substituents is 1. The molecule has 1 atom stereocenters. The maximum absolute atomic E-state index is 12.4. The van der Waals surface area contributed by atoms with Crippen LogP contribution >= 0.6 is 0 Å². The fourth-order valence-corrected chi connectivity index (χ4v) is 2.80. The van der Waals surface area contributed by atoms with Crippen molar-refractivity contribution in [1.29, 1.82) is 0 Å². The maximum atomic E-state index is 12.4. The minimum atomic E-state index is -1.02. The molecule has 0 saturated carbocycles. The summed E-state index contributed by atoms with van der Waals surface area (Å²) in [6.45, 7) is 3.28. The molecule has 0 spiro atoms. The fraction of sp³-hybridized carbons (Fsp3) is 0.333. The molecule has 9 heteroatoms. The molecule has 0 saturated heterocycles. The molecule has 1 amide bonds. The van der Waals surface area contributed by atoms with E-state index in [1.54, 1.807) is 6.92 Å². The van der Waals surface area contributed by atoms with Gasteiger partial charge in [0.1, 0.15) is 5.56 Å². The average Bonchev–Trinajstić information content (AvgIpc) is 2.76. The van der Waals surface area contributed by atoms with E-state index in [1.807, 2.05) is 24.3 Å². The van der Waals surface area contributed by atoms with Crippen LogP contribution in [0.25, 0.3) is 0 Å². The van der Waals surface area contributed by atoms with Gasteiger partial charge in [-0.05, 0) is 24.5 Å². The molecule has 0 radical (unpaired) electrons. The van der Waals surface area contributed by atoms with Gasteiger partial charge in [-0.2, -0.15) is 0 Å². The van der Waals surface area contributed by atoms with Gasteiger partial charge in [-0.3, -0.25) is 14.9 Å². The number of ether oxygens (including phenoxy) is 3. The molecule has 30 heavy (non-hydrogen) atoms. The summed E-state index contributed by atoms with van der Waals surface area (Å²) in [6.07, 6.45) is 0.916. The third-order valence-electron chi connectivity index (χ3n) is 4.52. The van der Waals surface area contributed by atoms with Gasteiger partial charge in [-0.1, -0.05) is 31.2 Å². The number of nitrogens with one attached hydrogen (secondary N) is 1. The lowest BCUT2D eigenvalue weighted by atomic mass is 10.1. The number of benzene rings is 2. The van der Waals surface area contributed by atoms with Crippen LogP contribution in [0.3, 0.4) is 0 Å². The van der Waals surface area contributed by atoms with Crippen LogP contribution in [0, 0.1) is 10.1 Å². The van der Waals surface area contributed by atoms with Gasteiger partial charge in [0, 0.05) is 6.07 Å². The first-order valence-electron chi connectivity index (χ1n) is 9.26. The van der Waals surface area contributed by atoms with Crippen molar-refractivity contribution in [2.24, 2.45) is 0 Å². The summed E-state index contributed by atoms with van der Waals surface area (Å²) in [5.74, 6) is -1.32. The minimum Gasteiger partial charge on any atom is -0.493 e. The highest BCUT2D eigenvalue weighted by molar-refractivity contribution is 5.96. The zero-order chi connectivity index (χ0) is 22.3. The quantitative estimate of drug-likeness (QED) is 0.379. The van der Waals surface area contributed by atoms with E-state index < -0.39 is 29.1 Å². The topological polar surface area (TPSA) is 117 Å². The second-order valence-corrected chi connectivity index (χ2v) is 6.44. The number of nitro groups is 1. The molecule has 0 fully saturated rings. The molecule has 0 heterocycles. The Kier molecular flexibility index (Phi) is 7.74. The first kappa shape index (κ1) is 22.7. The summed E-state index contributed by atoms with van der Waals surface area (Å²) in [5, 5.41) is 14.0. The number of hydrogen-bond acceptors (Lipinski definition) is 7. The molecule has 1 N–H and O–H groups in total. The van der Waals surface area contributed by atoms with Gasteiger partial charge in [-0.15, -0.1) is 0 Å². The van der Waals surface area contributed by atoms with E-state index in [2.05, 4.69) is 12.2 Å². The fourth-order valence-electron chi connectivity index (χ4n) is 2.80. The zero-order valence-electron chi connectivity index (χ0n) is 17.3. The highest BCUT2D eigenvalue weighted by Gasteiger charge is 2.26. The molecule has 9 nitrogen and oxygen atoms in total. The van der Waals surface area contributed by atoms with Gasteiger partial charge in [0.2, 0.25) is 0 Å². The van der Waals surface area contributed by atoms with Gasteiger partial charge in [0.05, 0.1) is 31.3 Å². The zero-order valence-corrected chi connectivity index (χ0v) is 17.3. The standard InChI is InChI=1S/C21H24N2O7/c1-5-14-6-8-15(9-7-14)13(2)22-20(24)12-30-21(25)16-10-18(28-3)19(29-4)11-17(16)23(26)27/h6-11,13H,5,12H2,1-4H3,(H,22,24)/t13-/m0/s1. The second-order valence-electron chi connectivity index (χ2n) is 6.44. The SMILES string of the molecule is CCc1ccc([C@H](C)NC(=O)COC(=O)c2cc(OC)c(OC)cc2[N+](=O)[O-])cc1. The smallest absolute Gasteiger partial charge is 0.345 e. The van der Waals surface area contributed by atoms with Crippen LogP contribution in [0.1, 0.15) is 41.4 Å². The Balaban J connectivity index is 2.05. The van der Waals surface area contributed by atoms with E-state index in [1.165, 1.54) is 19.8 Å². The van der Waals surface area contributed by atoms with Gasteiger partial charge in [0.25, 0.3) is 11.6 Å². The maximum Gasteiger partial charge on any atom is 0.345 e. The van der Waals surface area contributed by atoms with E-state index in [9.17, 15) is 19.7 Å². The Hall–Kier alpha value is -3.62. The number of carbonyl (C=O) groups is 2. The number of carbonyl (C=O) groups excluding carboxylic acids is 2. The van der Waals surface area contributed by atoms with Gasteiger partial charge < -0.3 is 19.5 Å². The highest BCUT2D eigenvalue weighted by atomic mass is 16.6. The lowest BCUT2D eigenvalue weighted by molar-refractivity contribution is -0.385. The number of methoxy groups -OCH3 is 2. The largest absolute Gasteiger partial charge is 0.493 e. The number of rotatable bonds is 9. The summed E-state index contributed by atoms with van der Waals surface area (Å²) < 4.78 is 15.1. The molecule has 0 aliphatic carbocycles. The molecule has 2 aromatic carbocycles. The van der Waals surface area contributed by atoms with Gasteiger partial charge in [0.15, 0.2) is 18.1 Å². The number of amides is 1. The Morgan fingerprint density at radius 1 is 1.10 bits per heavy atom. The molecule has 0 aliphatic rings. The van der Waals surface area contributed by atoms with E-state index in [0.717, 1.165) is 24.1 Å². The number of aryl methyl sites for hydroxylation is 1. The van der Waals surface area contributed by atoms with Crippen molar-refractivity contribution in [3.05, 3.63) is 63.2 Å². The first-order valence-corrected chi connectivity index (χ1v) is 9.26. The molecule has 0 aliphatic heterocycles. The number of esters is 1. The van der Waals surface area contributed by atoms with Crippen LogP contribution in [0.15, 0.2) is 36.4 Å². The molecule has 160 valence electrons. The van der Waals surface area contributed by atoms with Crippen LogP contribution < -0.4 is 14.8 Å². The Morgan fingerprint density at radius 3 is 2.23 bits per heavy atom. The lowest BCUT2D eigenvalue weighted by Gasteiger charge is -2.15. The van der Waals surface area contributed by atoms with Crippen molar-refractivity contribution in [1.82, 2.24) is 5.32 Å². The highest BCUT2D eigenvalue weighted by Crippen LogP contribution is 2.34. The van der Waals surface area contributed by atoms with Crippen LogP contribution in [-0.4, -0.2) is 37.6 Å². The third kappa shape index (κ3) is 5.47. The van der Waals surface area contributed by atoms with Crippen molar-refractivity contribution in [3.63, 3.8) is 0 Å². The van der Waals surface area contributed by atoms with E-state index in [0.29, 0.717) is 0 Å². The Morgan fingerprint density at radius 2 is 1.70 bits per heavy atom. The van der Waals surface area contributed by atoms with Crippen LogP contribution in [-0.2, 0) is 16.0 Å². The van der Waals surface area contributed by atoms with E-state index in [-0.39, 0.29) is 23.1 Å². The predicted octanol–water partition coefficient (Wildman–Crippen LogP) is 3.21. The minimum absolute atomic E-state index is 0.0985. The second kappa shape index (κ2) is 10.2. The first-order chi connectivity index (χ1) is 14.3. The summed E-state index contributed by atoms with van der Waals surface area (Å²) in [7, 11) is 2.65. The summed E-state index contributed by atoms with van der Waals surface area (Å²) in [5.41, 5.74) is 1.24. The molecule has 0 bridgehead atoms. The van der Waals surface area contributed by atoms with Crippen molar-refractivity contribution in [3.8, 4) is 11.5 Å². The van der Waals surface area contributed by atoms with Crippen LogP contribution in [0.4, 0.5) is 5.69 Å². The molecule has 2 aromatic rings. The number of hydrogen-bond donors (Lipinski definition) is 1. The van der Waals surface area contributed by atoms with E-state index in [4.69, 9.17) is 14.2 Å². The number of nitrogens with zero attached hydrogens (tertiary/aromatic N) is 1. The molecular weight excluding hydrogens is 392 g/mol. The van der Waals surface area contributed by atoms with E-state index >= 15 is 0 Å². The Labute approximate surface area is 174 Å². The summed E-state index contributed by atoms with van der Waals surface area (Å²) in [6, 6.07) is 9.72. The predicted molar refractivity (Wildman–Crippen MR) is 109 cm³/mol. The van der Waals surface area contributed by atoms with Gasteiger partial charge in [-0.25, -0.2) is 4.79 Å². The molecular formula is C21H24N2O7. The summed E-state index contributed by atoms with van der Waals surface area (Å²) in [4.78, 5) is 35.1. The van der Waals surface area contributed by atoms with Crippen molar-refractivity contribution in [2.75, 3.05) is 20.8 Å². The summed E-state index contributed by atoms with van der Waals surface area (Å²) >= 11 is 0. The van der Waals surface area contributed by atoms with Gasteiger partial charge >= 0.3 is 5.97 Å². The Bertz CT molecular complexity index is 926. The molecule has 2 rings (SSSR count). The average molecular weight is 416 g/mol. The van der Waals surface area contributed by atoms with Crippen molar-refractivity contribution < 1.29 is 28.7 Å². The van der Waals surface area contributed by atoms with Crippen LogP contribution in [0.5, 0.6) is 11.5 Å². The van der Waals surface area contributed by atoms with Crippen LogP contribution in [0.2, 0.25) is 0 Å². The normalized spacial score (nSPS) is 11.3. The monoisotopic (exact) mass is 416 g/mol. The van der Waals surface area contributed by atoms with Crippen molar-refractivity contribution in [2.45, 2.75) is 26.3 Å². The third-order valence-corrected chi connectivity index (χ3v) is 4.52. The molecule has 0 aromatic heterocycles. The lowest BCUT2D eigenvalue weighted by Crippen LogP contribution is -2.31. The molecule has 0 unspecified atom stereocenters.